The number of hydrogen-bond donors (Lipinski definition) is 1. The van der Waals surface area contributed by atoms with Crippen LogP contribution in [0, 0.1) is 6.92 Å². The van der Waals surface area contributed by atoms with Gasteiger partial charge in [-0.3, -0.25) is 0 Å². The Balaban J connectivity index is 1.75. The van der Waals surface area contributed by atoms with Crippen molar-refractivity contribution in [2.24, 2.45) is 0 Å². The maximum absolute atomic E-state index is 10.4. The summed E-state index contributed by atoms with van der Waals surface area (Å²) in [5.74, 6) is 0.320. The number of rotatable bonds is 3. The van der Waals surface area contributed by atoms with Crippen LogP contribution >= 0.6 is 0 Å². The number of aryl methyl sites for hydroxylation is 1. The number of hydrogen-bond acceptors (Lipinski definition) is 1. The highest BCUT2D eigenvalue weighted by Crippen LogP contribution is 2.38. The third-order valence-corrected chi connectivity index (χ3v) is 4.05. The van der Waals surface area contributed by atoms with Crippen LogP contribution in [-0.2, 0) is 12.8 Å². The van der Waals surface area contributed by atoms with Gasteiger partial charge in [-0.2, -0.15) is 0 Å². The molecule has 2 atom stereocenters. The zero-order valence-corrected chi connectivity index (χ0v) is 10.6. The molecule has 0 aromatic heterocycles. The lowest BCUT2D eigenvalue weighted by Gasteiger charge is -2.34. The zero-order valence-electron chi connectivity index (χ0n) is 10.6. The van der Waals surface area contributed by atoms with Crippen molar-refractivity contribution in [3.63, 3.8) is 0 Å². The molecule has 0 amide bonds. The van der Waals surface area contributed by atoms with Crippen LogP contribution in [0.25, 0.3) is 0 Å². The Bertz CT molecular complexity index is 559. The van der Waals surface area contributed by atoms with Gasteiger partial charge in [-0.1, -0.05) is 48.5 Å². The van der Waals surface area contributed by atoms with Crippen LogP contribution in [0.15, 0.2) is 48.5 Å². The van der Waals surface area contributed by atoms with E-state index in [1.807, 2.05) is 12.1 Å². The molecule has 1 N–H and O–H groups in total. The molecule has 92 valence electrons. The third-order valence-electron chi connectivity index (χ3n) is 4.05. The van der Waals surface area contributed by atoms with Gasteiger partial charge in [0.2, 0.25) is 0 Å². The highest BCUT2D eigenvalue weighted by atomic mass is 16.3. The van der Waals surface area contributed by atoms with E-state index in [9.17, 15) is 5.11 Å². The van der Waals surface area contributed by atoms with E-state index in [0.717, 1.165) is 12.8 Å². The number of fused-ring (bicyclic) bond motifs is 1. The molecule has 1 heteroatoms. The minimum atomic E-state index is -0.263. The van der Waals surface area contributed by atoms with Gasteiger partial charge in [0.25, 0.3) is 0 Å². The summed E-state index contributed by atoms with van der Waals surface area (Å²) in [6, 6.07) is 16.7. The summed E-state index contributed by atoms with van der Waals surface area (Å²) < 4.78 is 0. The monoisotopic (exact) mass is 238 g/mol. The molecule has 0 radical (unpaired) electrons. The maximum atomic E-state index is 10.4. The van der Waals surface area contributed by atoms with E-state index >= 15 is 0 Å². The Kier molecular flexibility index (Phi) is 2.92. The van der Waals surface area contributed by atoms with Gasteiger partial charge in [-0.15, -0.1) is 0 Å². The van der Waals surface area contributed by atoms with E-state index in [1.165, 1.54) is 22.3 Å². The smallest absolute Gasteiger partial charge is 0.0652 e. The second-order valence-corrected chi connectivity index (χ2v) is 5.21. The summed E-state index contributed by atoms with van der Waals surface area (Å²) in [6.07, 6.45) is 1.51. The van der Waals surface area contributed by atoms with Crippen molar-refractivity contribution >= 4 is 0 Å². The highest BCUT2D eigenvalue weighted by molar-refractivity contribution is 5.41. The Labute approximate surface area is 108 Å². The first-order valence-electron chi connectivity index (χ1n) is 6.56. The van der Waals surface area contributed by atoms with Crippen molar-refractivity contribution in [2.75, 3.05) is 0 Å². The summed E-state index contributed by atoms with van der Waals surface area (Å²) >= 11 is 0. The first-order chi connectivity index (χ1) is 8.75. The fourth-order valence-electron chi connectivity index (χ4n) is 2.85. The Morgan fingerprint density at radius 1 is 1.11 bits per heavy atom. The normalized spacial score (nSPS) is 18.9. The molecule has 1 aliphatic rings. The van der Waals surface area contributed by atoms with Crippen LogP contribution in [0.1, 0.15) is 28.2 Å². The molecule has 2 aromatic rings. The van der Waals surface area contributed by atoms with Gasteiger partial charge in [0, 0.05) is 5.92 Å². The maximum Gasteiger partial charge on any atom is 0.0652 e. The largest absolute Gasteiger partial charge is 0.392 e. The van der Waals surface area contributed by atoms with Crippen LogP contribution in [0.4, 0.5) is 0 Å². The lowest BCUT2D eigenvalue weighted by atomic mass is 9.73. The Hall–Kier alpha value is -1.60. The van der Waals surface area contributed by atoms with Crippen LogP contribution in [0.2, 0.25) is 0 Å². The predicted octanol–water partition coefficient (Wildman–Crippen LogP) is 3.24. The number of benzene rings is 2. The van der Waals surface area contributed by atoms with Gasteiger partial charge in [0.05, 0.1) is 6.10 Å². The van der Waals surface area contributed by atoms with Gasteiger partial charge in [0.15, 0.2) is 0 Å². The number of aliphatic hydroxyl groups excluding tert-OH is 1. The molecule has 0 fully saturated rings. The van der Waals surface area contributed by atoms with Gasteiger partial charge in [0.1, 0.15) is 0 Å². The molecule has 1 aliphatic carbocycles. The summed E-state index contributed by atoms with van der Waals surface area (Å²) in [5, 5.41) is 10.4. The van der Waals surface area contributed by atoms with Crippen LogP contribution < -0.4 is 0 Å². The van der Waals surface area contributed by atoms with Crippen molar-refractivity contribution < 1.29 is 5.11 Å². The van der Waals surface area contributed by atoms with Gasteiger partial charge >= 0.3 is 0 Å². The minimum Gasteiger partial charge on any atom is -0.392 e. The fourth-order valence-corrected chi connectivity index (χ4v) is 2.85. The Morgan fingerprint density at radius 2 is 1.83 bits per heavy atom. The molecule has 2 unspecified atom stereocenters. The van der Waals surface area contributed by atoms with Crippen molar-refractivity contribution in [3.8, 4) is 0 Å². The SMILES string of the molecule is Cc1ccccc1CC(O)C1Cc2ccccc21. The van der Waals surface area contributed by atoms with Crippen molar-refractivity contribution in [2.45, 2.75) is 31.8 Å². The lowest BCUT2D eigenvalue weighted by molar-refractivity contribution is 0.133. The van der Waals surface area contributed by atoms with E-state index in [2.05, 4.69) is 43.3 Å². The molecule has 0 heterocycles. The summed E-state index contributed by atoms with van der Waals surface area (Å²) in [5.41, 5.74) is 5.25. The minimum absolute atomic E-state index is 0.263. The third kappa shape index (κ3) is 1.95. The molecule has 2 aromatic carbocycles. The van der Waals surface area contributed by atoms with E-state index in [0.29, 0.717) is 5.92 Å². The van der Waals surface area contributed by atoms with Gasteiger partial charge in [-0.25, -0.2) is 0 Å². The predicted molar refractivity (Wildman–Crippen MR) is 73.8 cm³/mol. The zero-order chi connectivity index (χ0) is 12.5. The van der Waals surface area contributed by atoms with E-state index in [-0.39, 0.29) is 6.10 Å². The average Bonchev–Trinajstić information content (AvgIpc) is 2.34. The fraction of sp³-hybridized carbons (Fsp3) is 0.294. The van der Waals surface area contributed by atoms with Crippen molar-refractivity contribution in [3.05, 3.63) is 70.8 Å². The van der Waals surface area contributed by atoms with Gasteiger partial charge < -0.3 is 5.11 Å². The molecular formula is C17H18O. The van der Waals surface area contributed by atoms with Crippen molar-refractivity contribution in [1.82, 2.24) is 0 Å². The summed E-state index contributed by atoms with van der Waals surface area (Å²) in [7, 11) is 0. The van der Waals surface area contributed by atoms with Crippen LogP contribution in [0.3, 0.4) is 0 Å². The number of aliphatic hydroxyl groups is 1. The van der Waals surface area contributed by atoms with E-state index < -0.39 is 0 Å². The second kappa shape index (κ2) is 4.58. The van der Waals surface area contributed by atoms with Crippen LogP contribution in [0.5, 0.6) is 0 Å². The standard InChI is InChI=1S/C17H18O/c1-12-6-2-3-7-13(12)11-17(18)16-10-14-8-4-5-9-15(14)16/h2-9,16-18H,10-11H2,1H3. The molecule has 3 rings (SSSR count). The van der Waals surface area contributed by atoms with E-state index in [1.54, 1.807) is 0 Å². The molecule has 0 aliphatic heterocycles. The molecule has 0 saturated heterocycles. The highest BCUT2D eigenvalue weighted by Gasteiger charge is 2.31. The van der Waals surface area contributed by atoms with E-state index in [4.69, 9.17) is 0 Å². The Morgan fingerprint density at radius 3 is 2.61 bits per heavy atom. The molecule has 0 saturated carbocycles. The van der Waals surface area contributed by atoms with Crippen molar-refractivity contribution in [1.29, 1.82) is 0 Å². The topological polar surface area (TPSA) is 20.2 Å². The second-order valence-electron chi connectivity index (χ2n) is 5.21. The first-order valence-corrected chi connectivity index (χ1v) is 6.56. The first kappa shape index (κ1) is 11.5. The summed E-state index contributed by atoms with van der Waals surface area (Å²) in [6.45, 7) is 2.11. The molecule has 0 bridgehead atoms. The quantitative estimate of drug-likeness (QED) is 0.870. The molecular weight excluding hydrogens is 220 g/mol. The summed E-state index contributed by atoms with van der Waals surface area (Å²) in [4.78, 5) is 0. The van der Waals surface area contributed by atoms with Crippen LogP contribution in [-0.4, -0.2) is 11.2 Å². The lowest BCUT2D eigenvalue weighted by Crippen LogP contribution is -2.30. The molecule has 0 spiro atoms. The molecule has 1 nitrogen and oxygen atoms in total. The van der Waals surface area contributed by atoms with Gasteiger partial charge in [-0.05, 0) is 42.0 Å². The average molecular weight is 238 g/mol. The molecule has 18 heavy (non-hydrogen) atoms.